The summed E-state index contributed by atoms with van der Waals surface area (Å²) in [7, 11) is 0. The molecule has 1 aliphatic rings. The number of fused-ring (bicyclic) bond motifs is 3. The van der Waals surface area contributed by atoms with Crippen LogP contribution in [0, 0.1) is 6.92 Å². The van der Waals surface area contributed by atoms with Crippen molar-refractivity contribution >= 4 is 23.7 Å². The third-order valence-electron chi connectivity index (χ3n) is 13.1. The van der Waals surface area contributed by atoms with Crippen molar-refractivity contribution in [1.29, 1.82) is 0 Å². The fraction of sp³-hybridized carbons (Fsp3) is 0.117. The number of hydrogen-bond acceptors (Lipinski definition) is 5. The predicted molar refractivity (Wildman–Crippen MR) is 268 cm³/mol. The molecule has 8 aromatic carbocycles. The predicted octanol–water partition coefficient (Wildman–Crippen LogP) is 12.7. The number of alkyl carbamates (subject to hydrolysis) is 1. The molecule has 10 rings (SSSR count). The van der Waals surface area contributed by atoms with Crippen LogP contribution in [0.1, 0.15) is 61.7 Å². The second kappa shape index (κ2) is 19.1. The number of aryl methyl sites for hydroxylation is 1. The van der Waals surface area contributed by atoms with Gasteiger partial charge >= 0.3 is 12.1 Å². The van der Waals surface area contributed by atoms with Crippen LogP contribution >= 0.6 is 11.6 Å². The Morgan fingerprint density at radius 1 is 0.603 bits per heavy atom. The van der Waals surface area contributed by atoms with Gasteiger partial charge in [0, 0.05) is 40.2 Å². The standard InChI is InChI=1S/C60H48ClN3O4/c1-42-34-36-47(37-35-42)60(46-26-12-5-13-27-46,54-32-18-19-33-55(54)61)68-57(65)56(63-58(66)67-40-53-51-30-16-14-28-49(51)50-29-15-17-31-52(50)53)38-48-39-64(41-62-48)59(43-20-6-2-7-21-43,44-22-8-3-9-23-44)45-24-10-4-11-25-45/h2-37,39,41,53,56H,38,40H2,1H3,(H,63,66)/t56-,60?/m0/s1. The molecule has 0 saturated heterocycles. The van der Waals surface area contributed by atoms with E-state index in [1.165, 1.54) is 0 Å². The number of aromatic nitrogens is 2. The summed E-state index contributed by atoms with van der Waals surface area (Å²) in [6.45, 7) is 2.06. The molecule has 8 heteroatoms. The van der Waals surface area contributed by atoms with Crippen LogP contribution in [0.4, 0.5) is 4.79 Å². The van der Waals surface area contributed by atoms with E-state index in [2.05, 4.69) is 70.5 Å². The highest BCUT2D eigenvalue weighted by Gasteiger charge is 2.45. The molecular weight excluding hydrogens is 862 g/mol. The molecule has 1 unspecified atom stereocenters. The molecule has 1 heterocycles. The number of carbonyl (C=O) groups excluding carboxylic acids is 2. The number of benzene rings is 8. The summed E-state index contributed by atoms with van der Waals surface area (Å²) in [5.41, 5.74) is 8.51. The molecule has 1 aromatic heterocycles. The van der Waals surface area contributed by atoms with E-state index in [9.17, 15) is 4.79 Å². The first-order valence-corrected chi connectivity index (χ1v) is 23.2. The Morgan fingerprint density at radius 2 is 1.07 bits per heavy atom. The van der Waals surface area contributed by atoms with Gasteiger partial charge in [-0.2, -0.15) is 0 Å². The lowest BCUT2D eigenvalue weighted by atomic mass is 9.77. The van der Waals surface area contributed by atoms with Crippen LogP contribution in [0.5, 0.6) is 0 Å². The zero-order valence-electron chi connectivity index (χ0n) is 37.4. The van der Waals surface area contributed by atoms with Crippen LogP contribution in [0.2, 0.25) is 5.02 Å². The molecule has 1 N–H and O–H groups in total. The largest absolute Gasteiger partial charge is 0.449 e. The van der Waals surface area contributed by atoms with E-state index in [-0.39, 0.29) is 18.9 Å². The summed E-state index contributed by atoms with van der Waals surface area (Å²) in [6, 6.07) is 70.7. The highest BCUT2D eigenvalue weighted by molar-refractivity contribution is 6.31. The Balaban J connectivity index is 1.06. The number of imidazole rings is 1. The first-order chi connectivity index (χ1) is 33.4. The van der Waals surface area contributed by atoms with E-state index in [0.717, 1.165) is 44.5 Å². The molecule has 0 bridgehead atoms. The zero-order chi connectivity index (χ0) is 46.5. The summed E-state index contributed by atoms with van der Waals surface area (Å²) >= 11 is 7.10. The molecule has 2 atom stereocenters. The van der Waals surface area contributed by atoms with E-state index in [1.807, 2.05) is 165 Å². The van der Waals surface area contributed by atoms with Crippen molar-refractivity contribution in [3.05, 3.63) is 292 Å². The molecule has 7 nitrogen and oxygen atoms in total. The van der Waals surface area contributed by atoms with Gasteiger partial charge in [-0.25, -0.2) is 14.6 Å². The summed E-state index contributed by atoms with van der Waals surface area (Å²) in [4.78, 5) is 34.8. The van der Waals surface area contributed by atoms with Gasteiger partial charge in [0.05, 0.1) is 12.0 Å². The second-order valence-corrected chi connectivity index (χ2v) is 17.5. The second-order valence-electron chi connectivity index (χ2n) is 17.1. The molecule has 0 fully saturated rings. The lowest BCUT2D eigenvalue weighted by Crippen LogP contribution is -2.47. The van der Waals surface area contributed by atoms with Crippen LogP contribution < -0.4 is 5.32 Å². The van der Waals surface area contributed by atoms with Gasteiger partial charge in [0.15, 0.2) is 5.60 Å². The van der Waals surface area contributed by atoms with Crippen molar-refractivity contribution in [2.24, 2.45) is 0 Å². The van der Waals surface area contributed by atoms with Crippen LogP contribution in [0.3, 0.4) is 0 Å². The lowest BCUT2D eigenvalue weighted by Gasteiger charge is -2.37. The van der Waals surface area contributed by atoms with Crippen molar-refractivity contribution in [3.8, 4) is 11.1 Å². The maximum Gasteiger partial charge on any atom is 0.407 e. The van der Waals surface area contributed by atoms with Crippen molar-refractivity contribution in [2.75, 3.05) is 6.61 Å². The Morgan fingerprint density at radius 3 is 1.62 bits per heavy atom. The topological polar surface area (TPSA) is 82.5 Å². The quantitative estimate of drug-likeness (QED) is 0.0868. The van der Waals surface area contributed by atoms with Gasteiger partial charge in [-0.3, -0.25) is 0 Å². The smallest absolute Gasteiger partial charge is 0.407 e. The highest BCUT2D eigenvalue weighted by atomic mass is 35.5. The number of esters is 1. The Hall–Kier alpha value is -8.00. The fourth-order valence-corrected chi connectivity index (χ4v) is 10.2. The van der Waals surface area contributed by atoms with Crippen molar-refractivity contribution in [1.82, 2.24) is 14.9 Å². The minimum atomic E-state index is -1.53. The van der Waals surface area contributed by atoms with Crippen LogP contribution in [-0.2, 0) is 31.8 Å². The van der Waals surface area contributed by atoms with Crippen LogP contribution in [0.25, 0.3) is 11.1 Å². The molecule has 0 radical (unpaired) electrons. The van der Waals surface area contributed by atoms with Gasteiger partial charge in [-0.05, 0) is 51.9 Å². The van der Waals surface area contributed by atoms with Crippen LogP contribution in [0.15, 0.2) is 231 Å². The SMILES string of the molecule is Cc1ccc(C(OC(=O)[C@H](Cc2cn(C(c3ccccc3)(c3ccccc3)c3ccccc3)cn2)NC(=O)OCC2c3ccccc3-c3ccccc32)(c2ccccc2)c2ccccc2Cl)cc1. The first-order valence-electron chi connectivity index (χ1n) is 22.8. The van der Waals surface area contributed by atoms with Crippen molar-refractivity contribution < 1.29 is 19.1 Å². The third-order valence-corrected chi connectivity index (χ3v) is 13.4. The summed E-state index contributed by atoms with van der Waals surface area (Å²) in [6.07, 6.45) is 2.94. The van der Waals surface area contributed by atoms with Gasteiger partial charge in [0.1, 0.15) is 18.2 Å². The number of hydrogen-bond donors (Lipinski definition) is 1. The van der Waals surface area contributed by atoms with Gasteiger partial charge in [0.2, 0.25) is 0 Å². The zero-order valence-corrected chi connectivity index (χ0v) is 38.2. The van der Waals surface area contributed by atoms with E-state index >= 15 is 4.79 Å². The Labute approximate surface area is 401 Å². The number of nitrogens with zero attached hydrogens (tertiary/aromatic N) is 2. The number of rotatable bonds is 14. The maximum absolute atomic E-state index is 15.5. The minimum absolute atomic E-state index is 0.0359. The third kappa shape index (κ3) is 8.16. The normalized spacial score (nSPS) is 13.4. The average molecular weight is 911 g/mol. The van der Waals surface area contributed by atoms with Crippen molar-refractivity contribution in [2.45, 2.75) is 36.4 Å². The number of ether oxygens (including phenoxy) is 2. The number of amides is 1. The molecule has 9 aromatic rings. The van der Waals surface area contributed by atoms with E-state index in [4.69, 9.17) is 26.1 Å². The molecular formula is C60H48ClN3O4. The highest BCUT2D eigenvalue weighted by Crippen LogP contribution is 2.46. The van der Waals surface area contributed by atoms with Crippen LogP contribution in [-0.4, -0.2) is 34.3 Å². The minimum Gasteiger partial charge on any atom is -0.449 e. The monoisotopic (exact) mass is 909 g/mol. The molecule has 0 saturated carbocycles. The Bertz CT molecular complexity index is 3040. The van der Waals surface area contributed by atoms with E-state index in [0.29, 0.717) is 27.4 Å². The fourth-order valence-electron chi connectivity index (χ4n) is 9.90. The molecule has 68 heavy (non-hydrogen) atoms. The molecule has 1 amide bonds. The van der Waals surface area contributed by atoms with Gasteiger partial charge in [-0.15, -0.1) is 0 Å². The Kier molecular flexibility index (Phi) is 12.3. The molecule has 0 aliphatic heterocycles. The lowest BCUT2D eigenvalue weighted by molar-refractivity contribution is -0.156. The maximum atomic E-state index is 15.5. The van der Waals surface area contributed by atoms with E-state index < -0.39 is 29.2 Å². The molecule has 0 spiro atoms. The number of nitrogens with one attached hydrogen (secondary N) is 1. The van der Waals surface area contributed by atoms with Gasteiger partial charge in [0.25, 0.3) is 0 Å². The number of carbonyl (C=O) groups is 2. The first kappa shape index (κ1) is 43.9. The van der Waals surface area contributed by atoms with Gasteiger partial charge < -0.3 is 19.4 Å². The average Bonchev–Trinajstić information content (AvgIpc) is 3.99. The molecule has 1 aliphatic carbocycles. The number of halogens is 1. The summed E-state index contributed by atoms with van der Waals surface area (Å²) in [5.74, 6) is -0.901. The van der Waals surface area contributed by atoms with Gasteiger partial charge in [-0.1, -0.05) is 229 Å². The molecule has 334 valence electrons. The van der Waals surface area contributed by atoms with E-state index in [1.54, 1.807) is 12.4 Å². The summed E-state index contributed by atoms with van der Waals surface area (Å²) < 4.78 is 15.2. The van der Waals surface area contributed by atoms with Crippen molar-refractivity contribution in [3.63, 3.8) is 0 Å². The summed E-state index contributed by atoms with van der Waals surface area (Å²) in [5, 5.41) is 3.37.